The molecule has 1 atom stereocenters. The third-order valence-electron chi connectivity index (χ3n) is 2.48. The third kappa shape index (κ3) is 3.57. The van der Waals surface area contributed by atoms with E-state index in [1.165, 1.54) is 0 Å². The Morgan fingerprint density at radius 2 is 1.76 bits per heavy atom. The Hall–Kier alpha value is -1.87. The number of carbonyl (C=O) groups excluding carboxylic acids is 1. The van der Waals surface area contributed by atoms with Crippen LogP contribution in [0, 0.1) is 0 Å². The zero-order valence-corrected chi connectivity index (χ0v) is 9.88. The summed E-state index contributed by atoms with van der Waals surface area (Å²) in [6.45, 7) is 8.56. The zero-order valence-electron chi connectivity index (χ0n) is 9.88. The molecule has 1 unspecified atom stereocenters. The molecule has 1 aromatic carbocycles. The number of amides is 1. The van der Waals surface area contributed by atoms with Gasteiger partial charge >= 0.3 is 0 Å². The Bertz CT molecular complexity index is 376. The van der Waals surface area contributed by atoms with Gasteiger partial charge in [-0.2, -0.15) is 0 Å². The number of nitrogens with zero attached hydrogens (tertiary/aromatic N) is 1. The smallest absolute Gasteiger partial charge is 0.239 e. The highest BCUT2D eigenvalue weighted by molar-refractivity contribution is 5.81. The molecule has 90 valence electrons. The van der Waals surface area contributed by atoms with Gasteiger partial charge < -0.3 is 5.73 Å². The molecule has 0 aliphatic rings. The molecule has 3 heteroatoms. The van der Waals surface area contributed by atoms with Crippen LogP contribution in [0.25, 0.3) is 0 Å². The zero-order chi connectivity index (χ0) is 12.7. The van der Waals surface area contributed by atoms with Crippen molar-refractivity contribution in [2.24, 2.45) is 5.73 Å². The molecule has 0 aromatic heterocycles. The van der Waals surface area contributed by atoms with E-state index in [9.17, 15) is 4.79 Å². The number of hydrogen-bond acceptors (Lipinski definition) is 2. The standard InChI is InChI=1S/C14H18N2O/c1-3-10-16(11-4-2)13(14(15)17)12-8-6-5-7-9-12/h3-9,13H,1-2,10-11H2,(H2,15,17). The molecule has 0 spiro atoms. The summed E-state index contributed by atoms with van der Waals surface area (Å²) in [7, 11) is 0. The number of nitrogens with two attached hydrogens (primary N) is 1. The lowest BCUT2D eigenvalue weighted by atomic mass is 10.0. The average Bonchev–Trinajstić information content (AvgIpc) is 2.31. The Labute approximate surface area is 102 Å². The Morgan fingerprint density at radius 1 is 1.24 bits per heavy atom. The Kier molecular flexibility index (Phi) is 5.17. The van der Waals surface area contributed by atoms with Gasteiger partial charge in [0.05, 0.1) is 0 Å². The van der Waals surface area contributed by atoms with Gasteiger partial charge in [0.15, 0.2) is 0 Å². The van der Waals surface area contributed by atoms with Crippen LogP contribution in [0.4, 0.5) is 0 Å². The first-order valence-corrected chi connectivity index (χ1v) is 5.50. The van der Waals surface area contributed by atoms with Crippen molar-refractivity contribution in [2.45, 2.75) is 6.04 Å². The molecule has 1 rings (SSSR count). The summed E-state index contributed by atoms with van der Waals surface area (Å²) in [5.41, 5.74) is 6.37. The first-order chi connectivity index (χ1) is 8.20. The van der Waals surface area contributed by atoms with Crippen molar-refractivity contribution >= 4 is 5.91 Å². The molecule has 1 aromatic rings. The van der Waals surface area contributed by atoms with E-state index in [1.54, 1.807) is 12.2 Å². The molecular formula is C14H18N2O. The van der Waals surface area contributed by atoms with Gasteiger partial charge in [-0.15, -0.1) is 13.2 Å². The summed E-state index contributed by atoms with van der Waals surface area (Å²) < 4.78 is 0. The Morgan fingerprint density at radius 3 is 2.18 bits per heavy atom. The SMILES string of the molecule is C=CCN(CC=C)C(C(N)=O)c1ccccc1. The summed E-state index contributed by atoms with van der Waals surface area (Å²) in [4.78, 5) is 13.5. The minimum atomic E-state index is -0.438. The van der Waals surface area contributed by atoms with Crippen molar-refractivity contribution in [3.63, 3.8) is 0 Å². The summed E-state index contributed by atoms with van der Waals surface area (Å²) >= 11 is 0. The number of carbonyl (C=O) groups is 1. The summed E-state index contributed by atoms with van der Waals surface area (Å²) in [6, 6.07) is 9.05. The molecule has 0 aliphatic heterocycles. The van der Waals surface area contributed by atoms with Crippen molar-refractivity contribution < 1.29 is 4.79 Å². The van der Waals surface area contributed by atoms with E-state index in [4.69, 9.17) is 5.73 Å². The van der Waals surface area contributed by atoms with Crippen LogP contribution in [-0.4, -0.2) is 23.9 Å². The van der Waals surface area contributed by atoms with E-state index >= 15 is 0 Å². The van der Waals surface area contributed by atoms with Gasteiger partial charge in [-0.05, 0) is 5.56 Å². The lowest BCUT2D eigenvalue weighted by Crippen LogP contribution is -2.38. The van der Waals surface area contributed by atoms with E-state index in [0.717, 1.165) is 5.56 Å². The molecule has 0 fully saturated rings. The van der Waals surface area contributed by atoms with Crippen LogP contribution in [-0.2, 0) is 4.79 Å². The molecule has 17 heavy (non-hydrogen) atoms. The van der Waals surface area contributed by atoms with E-state index in [2.05, 4.69) is 13.2 Å². The Balaban J connectivity index is 3.01. The number of rotatable bonds is 7. The van der Waals surface area contributed by atoms with Crippen LogP contribution in [0.1, 0.15) is 11.6 Å². The van der Waals surface area contributed by atoms with Crippen LogP contribution in [0.5, 0.6) is 0 Å². The highest BCUT2D eigenvalue weighted by Crippen LogP contribution is 2.19. The monoisotopic (exact) mass is 230 g/mol. The minimum absolute atomic E-state index is 0.361. The minimum Gasteiger partial charge on any atom is -0.368 e. The molecule has 0 bridgehead atoms. The van der Waals surface area contributed by atoms with Gasteiger partial charge in [0.1, 0.15) is 6.04 Å². The first kappa shape index (κ1) is 13.2. The lowest BCUT2D eigenvalue weighted by Gasteiger charge is -2.27. The normalized spacial score (nSPS) is 12.1. The fourth-order valence-electron chi connectivity index (χ4n) is 1.81. The number of benzene rings is 1. The second-order valence-electron chi connectivity index (χ2n) is 3.75. The molecule has 0 heterocycles. The van der Waals surface area contributed by atoms with Crippen molar-refractivity contribution in [1.82, 2.24) is 4.90 Å². The molecule has 0 saturated heterocycles. The van der Waals surface area contributed by atoms with Gasteiger partial charge in [-0.1, -0.05) is 42.5 Å². The van der Waals surface area contributed by atoms with Gasteiger partial charge in [-0.3, -0.25) is 9.69 Å². The van der Waals surface area contributed by atoms with Gasteiger partial charge in [-0.25, -0.2) is 0 Å². The van der Waals surface area contributed by atoms with E-state index in [0.29, 0.717) is 13.1 Å². The molecule has 1 amide bonds. The fraction of sp³-hybridized carbons (Fsp3) is 0.214. The molecule has 2 N–H and O–H groups in total. The van der Waals surface area contributed by atoms with E-state index in [-0.39, 0.29) is 5.91 Å². The molecule has 0 aliphatic carbocycles. The van der Waals surface area contributed by atoms with Crippen LogP contribution < -0.4 is 5.73 Å². The first-order valence-electron chi connectivity index (χ1n) is 5.50. The molecule has 0 saturated carbocycles. The van der Waals surface area contributed by atoms with Crippen LogP contribution >= 0.6 is 0 Å². The van der Waals surface area contributed by atoms with Gasteiger partial charge in [0.25, 0.3) is 0 Å². The molecule has 0 radical (unpaired) electrons. The number of primary amides is 1. The van der Waals surface area contributed by atoms with Gasteiger partial charge in [0.2, 0.25) is 5.91 Å². The van der Waals surface area contributed by atoms with Gasteiger partial charge in [0, 0.05) is 13.1 Å². The van der Waals surface area contributed by atoms with Crippen LogP contribution in [0.15, 0.2) is 55.6 Å². The second kappa shape index (κ2) is 6.66. The van der Waals surface area contributed by atoms with Crippen LogP contribution in [0.2, 0.25) is 0 Å². The highest BCUT2D eigenvalue weighted by Gasteiger charge is 2.23. The van der Waals surface area contributed by atoms with E-state index in [1.807, 2.05) is 35.2 Å². The predicted octanol–water partition coefficient (Wildman–Crippen LogP) is 1.89. The third-order valence-corrected chi connectivity index (χ3v) is 2.48. The van der Waals surface area contributed by atoms with Crippen molar-refractivity contribution in [1.29, 1.82) is 0 Å². The van der Waals surface area contributed by atoms with Crippen LogP contribution in [0.3, 0.4) is 0 Å². The number of hydrogen-bond donors (Lipinski definition) is 1. The lowest BCUT2D eigenvalue weighted by molar-refractivity contribution is -0.123. The average molecular weight is 230 g/mol. The maximum atomic E-state index is 11.6. The van der Waals surface area contributed by atoms with Crippen molar-refractivity contribution in [3.05, 3.63) is 61.2 Å². The predicted molar refractivity (Wildman–Crippen MR) is 70.3 cm³/mol. The second-order valence-corrected chi connectivity index (χ2v) is 3.75. The highest BCUT2D eigenvalue weighted by atomic mass is 16.1. The summed E-state index contributed by atoms with van der Waals surface area (Å²) in [5, 5.41) is 0. The maximum absolute atomic E-state index is 11.6. The fourth-order valence-corrected chi connectivity index (χ4v) is 1.81. The quantitative estimate of drug-likeness (QED) is 0.727. The summed E-state index contributed by atoms with van der Waals surface area (Å²) in [5.74, 6) is -0.361. The molecule has 3 nitrogen and oxygen atoms in total. The summed E-state index contributed by atoms with van der Waals surface area (Å²) in [6.07, 6.45) is 3.50. The van der Waals surface area contributed by atoms with Crippen molar-refractivity contribution in [3.8, 4) is 0 Å². The maximum Gasteiger partial charge on any atom is 0.239 e. The van der Waals surface area contributed by atoms with E-state index < -0.39 is 6.04 Å². The largest absolute Gasteiger partial charge is 0.368 e. The molecular weight excluding hydrogens is 212 g/mol. The van der Waals surface area contributed by atoms with Crippen molar-refractivity contribution in [2.75, 3.05) is 13.1 Å². The topological polar surface area (TPSA) is 46.3 Å².